The lowest BCUT2D eigenvalue weighted by Crippen LogP contribution is -2.21. The van der Waals surface area contributed by atoms with E-state index in [9.17, 15) is 4.79 Å². The molecule has 0 aliphatic heterocycles. The molecule has 0 saturated carbocycles. The van der Waals surface area contributed by atoms with Crippen molar-refractivity contribution in [2.75, 3.05) is 19.0 Å². The van der Waals surface area contributed by atoms with Crippen molar-refractivity contribution in [2.24, 2.45) is 11.5 Å². The van der Waals surface area contributed by atoms with Crippen LogP contribution >= 0.6 is 0 Å². The predicted octanol–water partition coefficient (Wildman–Crippen LogP) is 1.78. The molecule has 1 amide bonds. The van der Waals surface area contributed by atoms with Gasteiger partial charge in [0.15, 0.2) is 0 Å². The molecular formula is C15H19N3O. The molecule has 0 saturated heterocycles. The number of carbonyl (C=O) groups excluding carboxylic acids is 1. The Labute approximate surface area is 113 Å². The molecule has 0 fully saturated rings. The summed E-state index contributed by atoms with van der Waals surface area (Å²) >= 11 is 0. The maximum Gasteiger partial charge on any atom is 0.219 e. The number of hydrogen-bond acceptors (Lipinski definition) is 3. The zero-order valence-electron chi connectivity index (χ0n) is 11.3. The first-order chi connectivity index (χ1) is 9.00. The Morgan fingerprint density at radius 1 is 1.16 bits per heavy atom. The molecule has 4 nitrogen and oxygen atoms in total. The molecule has 0 heterocycles. The van der Waals surface area contributed by atoms with Gasteiger partial charge in [-0.25, -0.2) is 0 Å². The average molecular weight is 257 g/mol. The minimum atomic E-state index is -0.381. The van der Waals surface area contributed by atoms with Crippen LogP contribution in [-0.4, -0.2) is 20.0 Å². The minimum absolute atomic E-state index is 0.158. The number of nitrogens with zero attached hydrogens (tertiary/aromatic N) is 1. The lowest BCUT2D eigenvalue weighted by molar-refractivity contribution is -0.118. The fourth-order valence-corrected chi connectivity index (χ4v) is 2.35. The van der Waals surface area contributed by atoms with E-state index in [4.69, 9.17) is 11.5 Å². The van der Waals surface area contributed by atoms with Crippen LogP contribution in [0.2, 0.25) is 0 Å². The third-order valence-corrected chi connectivity index (χ3v) is 3.24. The molecule has 1 atom stereocenters. The highest BCUT2D eigenvalue weighted by Gasteiger charge is 2.14. The number of carbonyl (C=O) groups is 1. The maximum absolute atomic E-state index is 11.0. The van der Waals surface area contributed by atoms with E-state index in [1.54, 1.807) is 0 Å². The van der Waals surface area contributed by atoms with Crippen molar-refractivity contribution in [3.63, 3.8) is 0 Å². The second kappa shape index (κ2) is 5.28. The second-order valence-corrected chi connectivity index (χ2v) is 4.89. The van der Waals surface area contributed by atoms with Gasteiger partial charge in [-0.2, -0.15) is 0 Å². The van der Waals surface area contributed by atoms with Gasteiger partial charge in [0.25, 0.3) is 0 Å². The second-order valence-electron chi connectivity index (χ2n) is 4.89. The summed E-state index contributed by atoms with van der Waals surface area (Å²) in [5.41, 5.74) is 13.4. The third kappa shape index (κ3) is 2.69. The van der Waals surface area contributed by atoms with Crippen LogP contribution in [0.15, 0.2) is 36.4 Å². The monoisotopic (exact) mass is 257 g/mol. The number of fused-ring (bicyclic) bond motifs is 1. The Balaban J connectivity index is 2.58. The number of hydrogen-bond donors (Lipinski definition) is 2. The van der Waals surface area contributed by atoms with E-state index in [2.05, 4.69) is 11.0 Å². The fourth-order valence-electron chi connectivity index (χ4n) is 2.35. The van der Waals surface area contributed by atoms with Gasteiger partial charge < -0.3 is 16.4 Å². The van der Waals surface area contributed by atoms with E-state index in [1.807, 2.05) is 44.4 Å². The summed E-state index contributed by atoms with van der Waals surface area (Å²) in [6.45, 7) is 0. The lowest BCUT2D eigenvalue weighted by Gasteiger charge is -2.19. The van der Waals surface area contributed by atoms with Crippen molar-refractivity contribution in [3.05, 3.63) is 42.0 Å². The van der Waals surface area contributed by atoms with Crippen LogP contribution in [0, 0.1) is 0 Å². The highest BCUT2D eigenvalue weighted by Crippen LogP contribution is 2.31. The van der Waals surface area contributed by atoms with Crippen molar-refractivity contribution in [3.8, 4) is 0 Å². The smallest absolute Gasteiger partial charge is 0.219 e. The van der Waals surface area contributed by atoms with Gasteiger partial charge in [0, 0.05) is 37.6 Å². The van der Waals surface area contributed by atoms with Crippen molar-refractivity contribution < 1.29 is 4.79 Å². The fraction of sp³-hybridized carbons (Fsp3) is 0.267. The number of benzene rings is 2. The van der Waals surface area contributed by atoms with Gasteiger partial charge in [0.2, 0.25) is 5.91 Å². The maximum atomic E-state index is 11.0. The Bertz CT molecular complexity index is 607. The summed E-state index contributed by atoms with van der Waals surface area (Å²) < 4.78 is 0. The van der Waals surface area contributed by atoms with Crippen molar-refractivity contribution in [1.29, 1.82) is 0 Å². The normalized spacial score (nSPS) is 12.4. The van der Waals surface area contributed by atoms with E-state index in [-0.39, 0.29) is 18.4 Å². The molecular weight excluding hydrogens is 238 g/mol. The van der Waals surface area contributed by atoms with Crippen molar-refractivity contribution in [2.45, 2.75) is 12.5 Å². The number of anilines is 1. The molecule has 0 aromatic heterocycles. The molecule has 2 aromatic rings. The first kappa shape index (κ1) is 13.4. The summed E-state index contributed by atoms with van der Waals surface area (Å²) in [5.74, 6) is -0.381. The molecule has 0 aliphatic rings. The van der Waals surface area contributed by atoms with Gasteiger partial charge >= 0.3 is 0 Å². The van der Waals surface area contributed by atoms with Gasteiger partial charge in [0.1, 0.15) is 0 Å². The van der Waals surface area contributed by atoms with E-state index in [0.29, 0.717) is 0 Å². The Morgan fingerprint density at radius 2 is 1.79 bits per heavy atom. The van der Waals surface area contributed by atoms with E-state index in [0.717, 1.165) is 22.0 Å². The standard InChI is InChI=1S/C15H19N3O/c1-18(2)14-8-7-11(13(16)9-15(17)19)10-5-3-4-6-12(10)14/h3-8,13H,9,16H2,1-2H3,(H2,17,19). The summed E-state index contributed by atoms with van der Waals surface area (Å²) in [5, 5.41) is 2.20. The van der Waals surface area contributed by atoms with Gasteiger partial charge in [0.05, 0.1) is 0 Å². The lowest BCUT2D eigenvalue weighted by atomic mass is 9.96. The summed E-state index contributed by atoms with van der Waals surface area (Å²) in [6.07, 6.45) is 0.158. The zero-order valence-corrected chi connectivity index (χ0v) is 11.3. The molecule has 19 heavy (non-hydrogen) atoms. The van der Waals surface area contributed by atoms with Crippen LogP contribution in [-0.2, 0) is 4.79 Å². The first-order valence-corrected chi connectivity index (χ1v) is 6.23. The molecule has 0 spiro atoms. The molecule has 4 N–H and O–H groups in total. The van der Waals surface area contributed by atoms with Crippen molar-refractivity contribution in [1.82, 2.24) is 0 Å². The van der Waals surface area contributed by atoms with Gasteiger partial charge in [-0.3, -0.25) is 4.79 Å². The average Bonchev–Trinajstić information content (AvgIpc) is 2.36. The molecule has 1 unspecified atom stereocenters. The van der Waals surface area contributed by atoms with Gasteiger partial charge in [-0.15, -0.1) is 0 Å². The molecule has 0 aliphatic carbocycles. The van der Waals surface area contributed by atoms with Crippen molar-refractivity contribution >= 4 is 22.4 Å². The van der Waals surface area contributed by atoms with Crippen LogP contribution < -0.4 is 16.4 Å². The summed E-state index contributed by atoms with van der Waals surface area (Å²) in [4.78, 5) is 13.1. The molecule has 4 heteroatoms. The number of primary amides is 1. The largest absolute Gasteiger partial charge is 0.377 e. The quantitative estimate of drug-likeness (QED) is 0.877. The topological polar surface area (TPSA) is 72.3 Å². The van der Waals surface area contributed by atoms with Crippen LogP contribution in [0.5, 0.6) is 0 Å². The number of rotatable bonds is 4. The highest BCUT2D eigenvalue weighted by atomic mass is 16.1. The molecule has 0 radical (unpaired) electrons. The molecule has 2 aromatic carbocycles. The first-order valence-electron chi connectivity index (χ1n) is 6.23. The Kier molecular flexibility index (Phi) is 3.71. The van der Waals surface area contributed by atoms with Gasteiger partial charge in [-0.05, 0) is 17.0 Å². The van der Waals surface area contributed by atoms with E-state index < -0.39 is 0 Å². The Hall–Kier alpha value is -2.07. The van der Waals surface area contributed by atoms with Crippen LogP contribution in [0.4, 0.5) is 5.69 Å². The SMILES string of the molecule is CN(C)c1ccc(C(N)CC(N)=O)c2ccccc12. The highest BCUT2D eigenvalue weighted by molar-refractivity contribution is 5.96. The predicted molar refractivity (Wildman–Crippen MR) is 79.0 cm³/mol. The van der Waals surface area contributed by atoms with E-state index >= 15 is 0 Å². The number of nitrogens with two attached hydrogens (primary N) is 2. The van der Waals surface area contributed by atoms with Crippen LogP contribution in [0.1, 0.15) is 18.0 Å². The number of amides is 1. The summed E-state index contributed by atoms with van der Waals surface area (Å²) in [6, 6.07) is 11.7. The zero-order chi connectivity index (χ0) is 14.0. The van der Waals surface area contributed by atoms with Crippen LogP contribution in [0.3, 0.4) is 0 Å². The molecule has 2 rings (SSSR count). The molecule has 0 bridgehead atoms. The van der Waals surface area contributed by atoms with Crippen LogP contribution in [0.25, 0.3) is 10.8 Å². The Morgan fingerprint density at radius 3 is 2.37 bits per heavy atom. The summed E-state index contributed by atoms with van der Waals surface area (Å²) in [7, 11) is 4.01. The van der Waals surface area contributed by atoms with E-state index in [1.165, 1.54) is 0 Å². The van der Waals surface area contributed by atoms with Gasteiger partial charge in [-0.1, -0.05) is 30.3 Å². The minimum Gasteiger partial charge on any atom is -0.377 e. The third-order valence-electron chi connectivity index (χ3n) is 3.24. The molecule has 100 valence electrons.